The third kappa shape index (κ3) is 4.32. The maximum Gasteiger partial charge on any atom is 0.226 e. The van der Waals surface area contributed by atoms with E-state index in [2.05, 4.69) is 10.4 Å². The summed E-state index contributed by atoms with van der Waals surface area (Å²) in [5, 5.41) is 6.76. The molecule has 1 heterocycles. The number of hydrogen-bond acceptors (Lipinski definition) is 5. The molecule has 0 bridgehead atoms. The molecule has 8 heteroatoms. The Morgan fingerprint density at radius 3 is 2.48 bits per heavy atom. The molecule has 7 nitrogen and oxygen atoms in total. The smallest absolute Gasteiger partial charge is 0.226 e. The Morgan fingerprint density at radius 2 is 1.96 bits per heavy atom. The van der Waals surface area contributed by atoms with Gasteiger partial charge in [0.2, 0.25) is 5.91 Å². The van der Waals surface area contributed by atoms with Crippen molar-refractivity contribution >= 4 is 21.6 Å². The minimum atomic E-state index is -3.52. The number of aryl methyl sites for hydroxylation is 2. The van der Waals surface area contributed by atoms with E-state index in [0.717, 1.165) is 5.69 Å². The van der Waals surface area contributed by atoms with E-state index in [1.807, 2.05) is 6.92 Å². The molecular weight excluding hydrogens is 318 g/mol. The molecular formula is C15H19N3O4S. The Bertz CT molecular complexity index is 795. The van der Waals surface area contributed by atoms with Gasteiger partial charge in [0.15, 0.2) is 9.84 Å². The molecule has 0 atom stereocenters. The normalized spacial score (nSPS) is 11.3. The van der Waals surface area contributed by atoms with E-state index in [-0.39, 0.29) is 23.0 Å². The lowest BCUT2D eigenvalue weighted by atomic mass is 10.3. The lowest BCUT2D eigenvalue weighted by Crippen LogP contribution is -2.18. The highest BCUT2D eigenvalue weighted by Crippen LogP contribution is 2.17. The van der Waals surface area contributed by atoms with Gasteiger partial charge in [0.1, 0.15) is 11.6 Å². The van der Waals surface area contributed by atoms with E-state index in [1.165, 1.54) is 23.9 Å². The number of sulfone groups is 1. The van der Waals surface area contributed by atoms with Crippen LogP contribution in [0.1, 0.15) is 12.1 Å². The Balaban J connectivity index is 1.98. The van der Waals surface area contributed by atoms with Crippen LogP contribution in [-0.2, 0) is 21.7 Å². The summed E-state index contributed by atoms with van der Waals surface area (Å²) in [6.07, 6.45) is -0.126. The number of aromatic nitrogens is 2. The van der Waals surface area contributed by atoms with Crippen LogP contribution in [0.25, 0.3) is 0 Å². The zero-order valence-electron chi connectivity index (χ0n) is 13.2. The average Bonchev–Trinajstić information content (AvgIpc) is 2.83. The summed E-state index contributed by atoms with van der Waals surface area (Å²) < 4.78 is 31.0. The zero-order valence-corrected chi connectivity index (χ0v) is 14.1. The Labute approximate surface area is 135 Å². The summed E-state index contributed by atoms with van der Waals surface area (Å²) >= 11 is 0. The van der Waals surface area contributed by atoms with Crippen molar-refractivity contribution in [2.75, 3.05) is 18.2 Å². The van der Waals surface area contributed by atoms with Gasteiger partial charge in [-0.2, -0.15) is 5.10 Å². The first-order valence-electron chi connectivity index (χ1n) is 6.99. The topological polar surface area (TPSA) is 90.3 Å². The highest BCUT2D eigenvalue weighted by atomic mass is 32.2. The molecule has 1 aromatic heterocycles. The molecule has 2 aromatic rings. The van der Waals surface area contributed by atoms with Crippen molar-refractivity contribution in [1.82, 2.24) is 9.78 Å². The molecule has 0 spiro atoms. The van der Waals surface area contributed by atoms with Gasteiger partial charge in [-0.15, -0.1) is 0 Å². The second-order valence-electron chi connectivity index (χ2n) is 5.09. The number of carbonyl (C=O) groups is 1. The standard InChI is InChI=1S/C15H19N3O4S/c1-11-10-14(18(2)17-11)16-15(19)8-9-23(20,21)13-6-4-12(22-3)5-7-13/h4-7,10H,8-9H2,1-3H3,(H,16,19). The Hall–Kier alpha value is -2.35. The monoisotopic (exact) mass is 337 g/mol. The number of rotatable bonds is 6. The van der Waals surface area contributed by atoms with Crippen LogP contribution in [0.4, 0.5) is 5.82 Å². The average molecular weight is 337 g/mol. The van der Waals surface area contributed by atoms with Crippen molar-refractivity contribution in [3.63, 3.8) is 0 Å². The van der Waals surface area contributed by atoms with Crippen LogP contribution in [0, 0.1) is 6.92 Å². The summed E-state index contributed by atoms with van der Waals surface area (Å²) in [5.41, 5.74) is 0.772. The van der Waals surface area contributed by atoms with Gasteiger partial charge in [-0.1, -0.05) is 0 Å². The second kappa shape index (κ2) is 6.82. The van der Waals surface area contributed by atoms with Gasteiger partial charge in [0.05, 0.1) is 23.5 Å². The summed E-state index contributed by atoms with van der Waals surface area (Å²) in [6, 6.07) is 7.81. The number of amides is 1. The van der Waals surface area contributed by atoms with Crippen molar-refractivity contribution in [1.29, 1.82) is 0 Å². The molecule has 0 unspecified atom stereocenters. The fraction of sp³-hybridized carbons (Fsp3) is 0.333. The summed E-state index contributed by atoms with van der Waals surface area (Å²) in [7, 11) is -0.303. The first-order chi connectivity index (χ1) is 10.8. The lowest BCUT2D eigenvalue weighted by molar-refractivity contribution is -0.115. The molecule has 0 fully saturated rings. The number of methoxy groups -OCH3 is 1. The highest BCUT2D eigenvalue weighted by Gasteiger charge is 2.17. The molecule has 23 heavy (non-hydrogen) atoms. The van der Waals surface area contributed by atoms with Gasteiger partial charge in [-0.25, -0.2) is 8.42 Å². The van der Waals surface area contributed by atoms with Crippen molar-refractivity contribution in [3.05, 3.63) is 36.0 Å². The summed E-state index contributed by atoms with van der Waals surface area (Å²) in [6.45, 7) is 1.81. The predicted octanol–water partition coefficient (Wildman–Crippen LogP) is 1.54. The molecule has 1 amide bonds. The van der Waals surface area contributed by atoms with E-state index in [9.17, 15) is 13.2 Å². The Morgan fingerprint density at radius 1 is 1.30 bits per heavy atom. The van der Waals surface area contributed by atoms with Crippen LogP contribution in [-0.4, -0.2) is 37.0 Å². The molecule has 0 saturated heterocycles. The van der Waals surface area contributed by atoms with E-state index in [1.54, 1.807) is 25.2 Å². The molecule has 124 valence electrons. The van der Waals surface area contributed by atoms with Gasteiger partial charge >= 0.3 is 0 Å². The van der Waals surface area contributed by atoms with Crippen molar-refractivity contribution in [2.24, 2.45) is 7.05 Å². The maximum atomic E-state index is 12.2. The Kier molecular flexibility index (Phi) is 5.05. The number of hydrogen-bond donors (Lipinski definition) is 1. The fourth-order valence-electron chi connectivity index (χ4n) is 2.06. The van der Waals surface area contributed by atoms with Gasteiger partial charge in [-0.3, -0.25) is 9.48 Å². The van der Waals surface area contributed by atoms with Crippen LogP contribution < -0.4 is 10.1 Å². The fourth-order valence-corrected chi connectivity index (χ4v) is 3.30. The van der Waals surface area contributed by atoms with Crippen molar-refractivity contribution in [2.45, 2.75) is 18.2 Å². The van der Waals surface area contributed by atoms with Crippen LogP contribution >= 0.6 is 0 Å². The third-order valence-electron chi connectivity index (χ3n) is 3.29. The molecule has 0 saturated carbocycles. The predicted molar refractivity (Wildman–Crippen MR) is 86.2 cm³/mol. The van der Waals surface area contributed by atoms with E-state index >= 15 is 0 Å². The van der Waals surface area contributed by atoms with Crippen LogP contribution in [0.15, 0.2) is 35.2 Å². The van der Waals surface area contributed by atoms with Crippen LogP contribution in [0.3, 0.4) is 0 Å². The molecule has 0 aliphatic rings. The van der Waals surface area contributed by atoms with Gasteiger partial charge in [0, 0.05) is 19.5 Å². The van der Waals surface area contributed by atoms with Gasteiger partial charge in [-0.05, 0) is 31.2 Å². The number of nitrogens with one attached hydrogen (secondary N) is 1. The SMILES string of the molecule is COc1ccc(S(=O)(=O)CCC(=O)Nc2cc(C)nn2C)cc1. The van der Waals surface area contributed by atoms with Crippen molar-refractivity contribution in [3.8, 4) is 5.75 Å². The van der Waals surface area contributed by atoms with Gasteiger partial charge < -0.3 is 10.1 Å². The number of anilines is 1. The largest absolute Gasteiger partial charge is 0.497 e. The number of nitrogens with zero attached hydrogens (tertiary/aromatic N) is 2. The van der Waals surface area contributed by atoms with Crippen LogP contribution in [0.5, 0.6) is 5.75 Å². The minimum absolute atomic E-state index is 0.126. The van der Waals surface area contributed by atoms with E-state index in [0.29, 0.717) is 11.6 Å². The molecule has 2 rings (SSSR count). The number of ether oxygens (including phenoxy) is 1. The first kappa shape index (κ1) is 17.0. The van der Waals surface area contributed by atoms with Gasteiger partial charge in [0.25, 0.3) is 0 Å². The quantitative estimate of drug-likeness (QED) is 0.863. The summed E-state index contributed by atoms with van der Waals surface area (Å²) in [5.74, 6) is 0.481. The number of benzene rings is 1. The molecule has 1 aromatic carbocycles. The minimum Gasteiger partial charge on any atom is -0.497 e. The third-order valence-corrected chi connectivity index (χ3v) is 5.02. The second-order valence-corrected chi connectivity index (χ2v) is 7.20. The zero-order chi connectivity index (χ0) is 17.0. The van der Waals surface area contributed by atoms with Crippen LogP contribution in [0.2, 0.25) is 0 Å². The lowest BCUT2D eigenvalue weighted by Gasteiger charge is -2.07. The molecule has 1 N–H and O–H groups in total. The number of carbonyl (C=O) groups excluding carboxylic acids is 1. The first-order valence-corrected chi connectivity index (χ1v) is 8.64. The van der Waals surface area contributed by atoms with E-state index in [4.69, 9.17) is 4.74 Å². The van der Waals surface area contributed by atoms with Crippen molar-refractivity contribution < 1.29 is 17.9 Å². The molecule has 0 radical (unpaired) electrons. The maximum absolute atomic E-state index is 12.2. The highest BCUT2D eigenvalue weighted by molar-refractivity contribution is 7.91. The summed E-state index contributed by atoms with van der Waals surface area (Å²) in [4.78, 5) is 12.1. The molecule has 0 aliphatic heterocycles. The van der Waals surface area contributed by atoms with E-state index < -0.39 is 9.84 Å². The molecule has 0 aliphatic carbocycles.